The molecule has 1 aliphatic carbocycles. The predicted molar refractivity (Wildman–Crippen MR) is 67.0 cm³/mol. The van der Waals surface area contributed by atoms with E-state index in [1.54, 1.807) is 0 Å². The number of likely N-dealkylation sites (tertiary alicyclic amines) is 1. The third kappa shape index (κ3) is 3.60. The van der Waals surface area contributed by atoms with E-state index >= 15 is 0 Å². The Morgan fingerprint density at radius 2 is 1.82 bits per heavy atom. The van der Waals surface area contributed by atoms with E-state index in [-0.39, 0.29) is 6.09 Å². The Kier molecular flexibility index (Phi) is 3.61. The van der Waals surface area contributed by atoms with Crippen LogP contribution in [0.3, 0.4) is 0 Å². The van der Waals surface area contributed by atoms with Gasteiger partial charge in [-0.2, -0.15) is 0 Å². The Morgan fingerprint density at radius 3 is 2.35 bits per heavy atom. The second-order valence-electron chi connectivity index (χ2n) is 6.21. The summed E-state index contributed by atoms with van der Waals surface area (Å²) in [4.78, 5) is 14.1. The van der Waals surface area contributed by atoms with E-state index in [4.69, 9.17) is 4.74 Å². The van der Waals surface area contributed by atoms with Crippen LogP contribution < -0.4 is 5.32 Å². The smallest absolute Gasteiger partial charge is 0.407 e. The van der Waals surface area contributed by atoms with Crippen LogP contribution in [0.25, 0.3) is 0 Å². The molecule has 0 aromatic carbocycles. The summed E-state index contributed by atoms with van der Waals surface area (Å²) in [5, 5.41) is 2.94. The first-order valence-corrected chi connectivity index (χ1v) is 6.67. The molecule has 2 aliphatic rings. The fraction of sp³-hybridized carbons (Fsp3) is 0.923. The SMILES string of the molecule is CC(C)(C)OC(=O)NC1CC(N2CCCC2)C1. The summed E-state index contributed by atoms with van der Waals surface area (Å²) in [5.41, 5.74) is -0.401. The van der Waals surface area contributed by atoms with Crippen LogP contribution in [0.15, 0.2) is 0 Å². The maximum Gasteiger partial charge on any atom is 0.407 e. The Labute approximate surface area is 104 Å². The molecule has 2 rings (SSSR count). The monoisotopic (exact) mass is 240 g/mol. The molecular weight excluding hydrogens is 216 g/mol. The summed E-state index contributed by atoms with van der Waals surface area (Å²) >= 11 is 0. The quantitative estimate of drug-likeness (QED) is 0.804. The first-order valence-electron chi connectivity index (χ1n) is 6.67. The van der Waals surface area contributed by atoms with Gasteiger partial charge in [0.2, 0.25) is 0 Å². The Bertz CT molecular complexity index is 274. The highest BCUT2D eigenvalue weighted by Gasteiger charge is 2.36. The molecule has 17 heavy (non-hydrogen) atoms. The van der Waals surface area contributed by atoms with Crippen LogP contribution in [0.4, 0.5) is 4.79 Å². The fourth-order valence-electron chi connectivity index (χ4n) is 2.58. The molecule has 1 aliphatic heterocycles. The lowest BCUT2D eigenvalue weighted by Gasteiger charge is -2.41. The van der Waals surface area contributed by atoms with Crippen LogP contribution in [-0.2, 0) is 4.74 Å². The van der Waals surface area contributed by atoms with E-state index in [2.05, 4.69) is 10.2 Å². The summed E-state index contributed by atoms with van der Waals surface area (Å²) in [6.45, 7) is 8.15. The highest BCUT2D eigenvalue weighted by atomic mass is 16.6. The van der Waals surface area contributed by atoms with E-state index in [1.165, 1.54) is 25.9 Å². The van der Waals surface area contributed by atoms with E-state index in [9.17, 15) is 4.79 Å². The van der Waals surface area contributed by atoms with Crippen LogP contribution in [0, 0.1) is 0 Å². The molecule has 0 unspecified atom stereocenters. The largest absolute Gasteiger partial charge is 0.444 e. The van der Waals surface area contributed by atoms with Crippen molar-refractivity contribution in [3.63, 3.8) is 0 Å². The summed E-state index contributed by atoms with van der Waals surface area (Å²) in [5.74, 6) is 0. The average Bonchev–Trinajstić information content (AvgIpc) is 2.59. The number of nitrogens with zero attached hydrogens (tertiary/aromatic N) is 1. The van der Waals surface area contributed by atoms with Crippen molar-refractivity contribution in [3.05, 3.63) is 0 Å². The zero-order valence-corrected chi connectivity index (χ0v) is 11.2. The average molecular weight is 240 g/mol. The van der Waals surface area contributed by atoms with Gasteiger partial charge in [-0.05, 0) is 59.5 Å². The normalized spacial score (nSPS) is 29.8. The Hall–Kier alpha value is -0.770. The zero-order chi connectivity index (χ0) is 12.5. The summed E-state index contributed by atoms with van der Waals surface area (Å²) in [7, 11) is 0. The molecule has 0 aromatic rings. The van der Waals surface area contributed by atoms with Gasteiger partial charge in [0, 0.05) is 12.1 Å². The lowest BCUT2D eigenvalue weighted by atomic mass is 9.86. The number of carbonyl (C=O) groups excluding carboxylic acids is 1. The standard InChI is InChI=1S/C13H24N2O2/c1-13(2,3)17-12(16)14-10-8-11(9-10)15-6-4-5-7-15/h10-11H,4-9H2,1-3H3,(H,14,16). The predicted octanol–water partition coefficient (Wildman–Crippen LogP) is 2.14. The van der Waals surface area contributed by atoms with Crippen molar-refractivity contribution in [3.8, 4) is 0 Å². The number of ether oxygens (including phenoxy) is 1. The number of nitrogens with one attached hydrogen (secondary N) is 1. The number of hydrogen-bond acceptors (Lipinski definition) is 3. The molecule has 4 nitrogen and oxygen atoms in total. The van der Waals surface area contributed by atoms with Gasteiger partial charge < -0.3 is 15.0 Å². The molecule has 0 atom stereocenters. The third-order valence-corrected chi connectivity index (χ3v) is 3.49. The summed E-state index contributed by atoms with van der Waals surface area (Å²) in [6, 6.07) is 1.01. The zero-order valence-electron chi connectivity index (χ0n) is 11.2. The lowest BCUT2D eigenvalue weighted by Crippen LogP contribution is -2.53. The van der Waals surface area contributed by atoms with Crippen molar-refractivity contribution in [2.75, 3.05) is 13.1 Å². The number of carbonyl (C=O) groups is 1. The lowest BCUT2D eigenvalue weighted by molar-refractivity contribution is 0.0414. The van der Waals surface area contributed by atoms with Crippen LogP contribution in [0.5, 0.6) is 0 Å². The second kappa shape index (κ2) is 4.84. The molecule has 0 radical (unpaired) electrons. The van der Waals surface area contributed by atoms with Gasteiger partial charge in [-0.1, -0.05) is 0 Å². The molecule has 0 bridgehead atoms. The number of rotatable bonds is 2. The molecule has 1 amide bonds. The van der Waals surface area contributed by atoms with Crippen LogP contribution in [0.2, 0.25) is 0 Å². The summed E-state index contributed by atoms with van der Waals surface area (Å²) in [6.07, 6.45) is 4.56. The molecule has 0 aromatic heterocycles. The molecule has 98 valence electrons. The van der Waals surface area contributed by atoms with E-state index in [0.717, 1.165) is 12.8 Å². The van der Waals surface area contributed by atoms with Gasteiger partial charge in [0.15, 0.2) is 0 Å². The van der Waals surface area contributed by atoms with Gasteiger partial charge in [-0.3, -0.25) is 0 Å². The second-order valence-corrected chi connectivity index (χ2v) is 6.21. The van der Waals surface area contributed by atoms with Crippen molar-refractivity contribution < 1.29 is 9.53 Å². The summed E-state index contributed by atoms with van der Waals surface area (Å²) < 4.78 is 5.24. The number of alkyl carbamates (subject to hydrolysis) is 1. The molecule has 1 saturated carbocycles. The van der Waals surface area contributed by atoms with Gasteiger partial charge in [0.25, 0.3) is 0 Å². The maximum atomic E-state index is 11.5. The molecule has 1 heterocycles. The molecule has 2 fully saturated rings. The maximum absolute atomic E-state index is 11.5. The van der Waals surface area contributed by atoms with Crippen molar-refractivity contribution in [2.45, 2.75) is 64.1 Å². The van der Waals surface area contributed by atoms with Gasteiger partial charge in [0.1, 0.15) is 5.60 Å². The number of hydrogen-bond donors (Lipinski definition) is 1. The minimum Gasteiger partial charge on any atom is -0.444 e. The van der Waals surface area contributed by atoms with Crippen molar-refractivity contribution >= 4 is 6.09 Å². The van der Waals surface area contributed by atoms with E-state index in [0.29, 0.717) is 12.1 Å². The topological polar surface area (TPSA) is 41.6 Å². The third-order valence-electron chi connectivity index (χ3n) is 3.49. The Morgan fingerprint density at radius 1 is 1.24 bits per heavy atom. The minimum atomic E-state index is -0.401. The minimum absolute atomic E-state index is 0.276. The van der Waals surface area contributed by atoms with Crippen molar-refractivity contribution in [1.82, 2.24) is 10.2 Å². The van der Waals surface area contributed by atoms with Gasteiger partial charge in [0.05, 0.1) is 0 Å². The molecule has 1 saturated heterocycles. The van der Waals surface area contributed by atoms with Crippen molar-refractivity contribution in [1.29, 1.82) is 0 Å². The number of amides is 1. The highest BCUT2D eigenvalue weighted by molar-refractivity contribution is 5.68. The van der Waals surface area contributed by atoms with Crippen LogP contribution in [-0.4, -0.2) is 41.8 Å². The molecular formula is C13H24N2O2. The van der Waals surface area contributed by atoms with Crippen LogP contribution >= 0.6 is 0 Å². The van der Waals surface area contributed by atoms with Gasteiger partial charge in [-0.15, -0.1) is 0 Å². The highest BCUT2D eigenvalue weighted by Crippen LogP contribution is 2.28. The first-order chi connectivity index (χ1) is 7.94. The Balaban J connectivity index is 1.65. The van der Waals surface area contributed by atoms with E-state index in [1.807, 2.05) is 20.8 Å². The van der Waals surface area contributed by atoms with E-state index < -0.39 is 5.60 Å². The molecule has 0 spiro atoms. The van der Waals surface area contributed by atoms with Gasteiger partial charge >= 0.3 is 6.09 Å². The fourth-order valence-corrected chi connectivity index (χ4v) is 2.58. The van der Waals surface area contributed by atoms with Crippen LogP contribution in [0.1, 0.15) is 46.5 Å². The van der Waals surface area contributed by atoms with Gasteiger partial charge in [-0.25, -0.2) is 4.79 Å². The molecule has 4 heteroatoms. The van der Waals surface area contributed by atoms with Crippen molar-refractivity contribution in [2.24, 2.45) is 0 Å². The molecule has 1 N–H and O–H groups in total. The first kappa shape index (κ1) is 12.7.